The molecule has 0 aromatic heterocycles. The van der Waals surface area contributed by atoms with Crippen molar-refractivity contribution in [2.75, 3.05) is 6.61 Å². The van der Waals surface area contributed by atoms with Crippen LogP contribution < -0.4 is 0 Å². The van der Waals surface area contributed by atoms with Crippen molar-refractivity contribution in [3.05, 3.63) is 47.0 Å². The highest BCUT2D eigenvalue weighted by Crippen LogP contribution is 2.61. The highest BCUT2D eigenvalue weighted by Gasteiger charge is 2.72. The third-order valence-corrected chi connectivity index (χ3v) is 10.2. The molecule has 0 amide bonds. The van der Waals surface area contributed by atoms with Crippen molar-refractivity contribution in [2.45, 2.75) is 98.2 Å². The molecule has 3 aliphatic carbocycles. The molecule has 0 heterocycles. The van der Waals surface area contributed by atoms with Crippen LogP contribution in [0.1, 0.15) is 78.6 Å². The van der Waals surface area contributed by atoms with Crippen molar-refractivity contribution in [1.29, 1.82) is 0 Å². The van der Waals surface area contributed by atoms with Gasteiger partial charge in [-0.25, -0.2) is 4.79 Å². The van der Waals surface area contributed by atoms with Crippen LogP contribution in [0.15, 0.2) is 41.5 Å². The molecule has 0 saturated heterocycles. The van der Waals surface area contributed by atoms with Gasteiger partial charge in [0.15, 0.2) is 11.9 Å². The van der Waals surface area contributed by atoms with Gasteiger partial charge in [-0.3, -0.25) is 28.8 Å². The average Bonchev–Trinajstić information content (AvgIpc) is 2.98. The van der Waals surface area contributed by atoms with Crippen LogP contribution in [0.3, 0.4) is 0 Å². The average molecular weight is 671 g/mol. The Balaban J connectivity index is 2.14. The SMILES string of the molecule is CC(=O)OC[C@H]1C(=O)C[C@H](OC(C)=O)[C@@]2(C)C(=O)[C@H](OC(C)=O)C3=C(C)[C@@H](OC(C)=O)C[C@@](O)([C@@H](OC(=O)c4ccccc4)[C@H]12)C3(C)C. The lowest BCUT2D eigenvalue weighted by atomic mass is 9.46. The molecule has 0 unspecified atom stereocenters. The van der Waals surface area contributed by atoms with Crippen LogP contribution in [-0.4, -0.2) is 83.1 Å². The van der Waals surface area contributed by atoms with Gasteiger partial charge in [-0.05, 0) is 37.1 Å². The molecule has 260 valence electrons. The first-order chi connectivity index (χ1) is 22.3. The van der Waals surface area contributed by atoms with Gasteiger partial charge in [-0.2, -0.15) is 0 Å². The van der Waals surface area contributed by atoms with Gasteiger partial charge < -0.3 is 28.8 Å². The molecule has 0 aliphatic heterocycles. The molecule has 2 saturated carbocycles. The molecule has 0 radical (unpaired) electrons. The molecule has 1 aromatic rings. The number of Topliss-reactive ketones (excluding diaryl/α,β-unsaturated/α-hetero) is 2. The predicted molar refractivity (Wildman–Crippen MR) is 165 cm³/mol. The van der Waals surface area contributed by atoms with Crippen LogP contribution in [0, 0.1) is 22.7 Å². The summed E-state index contributed by atoms with van der Waals surface area (Å²) < 4.78 is 28.5. The second-order valence-electron chi connectivity index (χ2n) is 13.5. The highest BCUT2D eigenvalue weighted by atomic mass is 16.6. The van der Waals surface area contributed by atoms with E-state index in [-0.39, 0.29) is 17.6 Å². The number of hydrogen-bond donors (Lipinski definition) is 1. The minimum absolute atomic E-state index is 0.0845. The monoisotopic (exact) mass is 670 g/mol. The van der Waals surface area contributed by atoms with E-state index in [1.807, 2.05) is 0 Å². The second-order valence-corrected chi connectivity index (χ2v) is 13.5. The molecular weight excluding hydrogens is 628 g/mol. The van der Waals surface area contributed by atoms with Crippen LogP contribution in [0.5, 0.6) is 0 Å². The highest BCUT2D eigenvalue weighted by molar-refractivity contribution is 5.98. The summed E-state index contributed by atoms with van der Waals surface area (Å²) >= 11 is 0. The van der Waals surface area contributed by atoms with Crippen molar-refractivity contribution in [3.63, 3.8) is 0 Å². The van der Waals surface area contributed by atoms with Gasteiger partial charge in [0.25, 0.3) is 0 Å². The third kappa shape index (κ3) is 6.27. The van der Waals surface area contributed by atoms with E-state index in [0.29, 0.717) is 5.57 Å². The molecule has 0 spiro atoms. The van der Waals surface area contributed by atoms with E-state index >= 15 is 4.79 Å². The first kappa shape index (κ1) is 36.4. The van der Waals surface area contributed by atoms with Gasteiger partial charge >= 0.3 is 29.8 Å². The zero-order chi connectivity index (χ0) is 35.9. The maximum absolute atomic E-state index is 15.2. The summed E-state index contributed by atoms with van der Waals surface area (Å²) in [4.78, 5) is 92.6. The molecule has 13 heteroatoms. The lowest BCUT2D eigenvalue weighted by molar-refractivity contribution is -0.233. The van der Waals surface area contributed by atoms with E-state index < -0.39 is 107 Å². The zero-order valence-corrected chi connectivity index (χ0v) is 28.3. The fourth-order valence-electron chi connectivity index (χ4n) is 7.84. The normalized spacial score (nSPS) is 32.5. The second kappa shape index (κ2) is 13.3. The number of esters is 5. The Morgan fingerprint density at radius 3 is 1.96 bits per heavy atom. The molecular formula is C35H42O13. The van der Waals surface area contributed by atoms with Crippen molar-refractivity contribution < 1.29 is 62.4 Å². The quantitative estimate of drug-likeness (QED) is 0.254. The van der Waals surface area contributed by atoms with Gasteiger partial charge in [0.2, 0.25) is 0 Å². The van der Waals surface area contributed by atoms with Crippen LogP contribution in [0.4, 0.5) is 0 Å². The number of carbonyl (C=O) groups excluding carboxylic acids is 7. The largest absolute Gasteiger partial charge is 0.465 e. The molecule has 48 heavy (non-hydrogen) atoms. The topological polar surface area (TPSA) is 186 Å². The minimum Gasteiger partial charge on any atom is -0.465 e. The van der Waals surface area contributed by atoms with Gasteiger partial charge in [-0.1, -0.05) is 32.0 Å². The Morgan fingerprint density at radius 1 is 0.833 bits per heavy atom. The zero-order valence-electron chi connectivity index (χ0n) is 28.3. The summed E-state index contributed by atoms with van der Waals surface area (Å²) in [5.74, 6) is -8.37. The van der Waals surface area contributed by atoms with Gasteiger partial charge in [0.05, 0.1) is 16.9 Å². The minimum atomic E-state index is -2.25. The van der Waals surface area contributed by atoms with Crippen LogP contribution in [0.2, 0.25) is 0 Å². The number of ether oxygens (including phenoxy) is 5. The summed E-state index contributed by atoms with van der Waals surface area (Å²) in [7, 11) is 0. The van der Waals surface area contributed by atoms with Crippen molar-refractivity contribution in [1.82, 2.24) is 0 Å². The summed E-state index contributed by atoms with van der Waals surface area (Å²) in [6.45, 7) is 10.0. The molecule has 1 N–H and O–H groups in total. The van der Waals surface area contributed by atoms with E-state index in [2.05, 4.69) is 0 Å². The number of carbonyl (C=O) groups is 7. The smallest absolute Gasteiger partial charge is 0.338 e. The van der Waals surface area contributed by atoms with E-state index in [4.69, 9.17) is 23.7 Å². The van der Waals surface area contributed by atoms with E-state index in [9.17, 15) is 33.9 Å². The molecule has 4 rings (SSSR count). The Morgan fingerprint density at radius 2 is 1.42 bits per heavy atom. The number of rotatable bonds is 7. The molecule has 3 aliphatic rings. The first-order valence-electron chi connectivity index (χ1n) is 15.7. The predicted octanol–water partition coefficient (Wildman–Crippen LogP) is 2.84. The van der Waals surface area contributed by atoms with Crippen LogP contribution in [-0.2, 0) is 52.5 Å². The molecule has 2 fully saturated rings. The van der Waals surface area contributed by atoms with Crippen LogP contribution >= 0.6 is 0 Å². The summed E-state index contributed by atoms with van der Waals surface area (Å²) in [5.41, 5.74) is -5.29. The standard InChI is InChI=1S/C35H42O13/c1-17-25(45-19(3)37)15-35(43)31(48-32(42)22-12-10-9-11-13-22)28-23(16-44-18(2)36)24(40)14-26(46-20(4)38)34(28,8)30(41)29(47-21(5)39)27(17)33(35,6)7/h9-13,23,25-26,28-29,31,43H,14-16H2,1-8H3/t23-,25-,26-,28-,29+,31-,34+,35+/m0/s1. The van der Waals surface area contributed by atoms with Gasteiger partial charge in [0, 0.05) is 51.9 Å². The maximum atomic E-state index is 15.2. The van der Waals surface area contributed by atoms with Gasteiger partial charge in [0.1, 0.15) is 36.3 Å². The van der Waals surface area contributed by atoms with Crippen molar-refractivity contribution in [2.24, 2.45) is 22.7 Å². The Kier molecular flexibility index (Phi) is 10.1. The van der Waals surface area contributed by atoms with Crippen molar-refractivity contribution in [3.8, 4) is 0 Å². The maximum Gasteiger partial charge on any atom is 0.338 e. The van der Waals surface area contributed by atoms with Gasteiger partial charge in [-0.15, -0.1) is 0 Å². The number of aliphatic hydroxyl groups is 1. The summed E-state index contributed by atoms with van der Waals surface area (Å²) in [6.07, 6.45) is -6.99. The van der Waals surface area contributed by atoms with E-state index in [1.165, 1.54) is 19.1 Å². The molecule has 13 nitrogen and oxygen atoms in total. The molecule has 2 bridgehead atoms. The number of hydrogen-bond acceptors (Lipinski definition) is 13. The Bertz CT molecular complexity index is 1560. The van der Waals surface area contributed by atoms with Crippen molar-refractivity contribution >= 4 is 41.4 Å². The number of benzene rings is 1. The lowest BCUT2D eigenvalue weighted by Crippen LogP contribution is -2.73. The number of fused-ring (bicyclic) bond motifs is 3. The summed E-state index contributed by atoms with van der Waals surface area (Å²) in [6, 6.07) is 7.82. The molecule has 1 aromatic carbocycles. The first-order valence-corrected chi connectivity index (χ1v) is 15.7. The van der Waals surface area contributed by atoms with Crippen LogP contribution in [0.25, 0.3) is 0 Å². The van der Waals surface area contributed by atoms with E-state index in [1.54, 1.807) is 39.0 Å². The molecule has 8 atom stereocenters. The number of ketones is 2. The Labute approximate surface area is 278 Å². The Hall–Kier alpha value is -4.39. The third-order valence-electron chi connectivity index (χ3n) is 10.2. The lowest BCUT2D eigenvalue weighted by Gasteiger charge is -2.61. The van der Waals surface area contributed by atoms with E-state index in [0.717, 1.165) is 27.7 Å². The summed E-state index contributed by atoms with van der Waals surface area (Å²) in [5, 5.41) is 13.2. The fourth-order valence-corrected chi connectivity index (χ4v) is 7.84. The fraction of sp³-hybridized carbons (Fsp3) is 0.571.